The number of hydrogen-bond acceptors (Lipinski definition) is 4. The molecule has 2 aromatic rings. The van der Waals surface area contributed by atoms with E-state index < -0.39 is 22.7 Å². The zero-order valence-corrected chi connectivity index (χ0v) is 7.47. The monoisotopic (exact) mass is 232 g/mol. The lowest BCUT2D eigenvalue weighted by molar-refractivity contribution is -0.387. The van der Waals surface area contributed by atoms with Gasteiger partial charge in [-0.1, -0.05) is 0 Å². The van der Waals surface area contributed by atoms with Gasteiger partial charge in [-0.25, -0.2) is 0 Å². The Hall–Kier alpha value is -2.19. The van der Waals surface area contributed by atoms with Crippen molar-refractivity contribution in [1.82, 2.24) is 14.4 Å². The standard InChI is InChI=1S/C7H3F3N4O2/c8-7(9,10)6-12-5(14(15)16)4-3-11-1-2-13(4)6/h1-3H. The van der Waals surface area contributed by atoms with Crippen LogP contribution in [-0.4, -0.2) is 19.3 Å². The van der Waals surface area contributed by atoms with E-state index in [1.54, 1.807) is 0 Å². The van der Waals surface area contributed by atoms with Gasteiger partial charge in [0.05, 0.1) is 6.20 Å². The molecule has 0 radical (unpaired) electrons. The quantitative estimate of drug-likeness (QED) is 0.553. The average Bonchev–Trinajstić information content (AvgIpc) is 2.56. The van der Waals surface area contributed by atoms with Gasteiger partial charge in [-0.05, 0) is 9.91 Å². The molecular weight excluding hydrogens is 229 g/mol. The maximum atomic E-state index is 12.5. The molecule has 0 aliphatic heterocycles. The van der Waals surface area contributed by atoms with Gasteiger partial charge >= 0.3 is 17.8 Å². The van der Waals surface area contributed by atoms with Crippen LogP contribution in [0.2, 0.25) is 0 Å². The van der Waals surface area contributed by atoms with Crippen LogP contribution >= 0.6 is 0 Å². The summed E-state index contributed by atoms with van der Waals surface area (Å²) in [4.78, 5) is 16.0. The number of aromatic nitrogens is 3. The van der Waals surface area contributed by atoms with E-state index in [0.717, 1.165) is 18.6 Å². The van der Waals surface area contributed by atoms with Gasteiger partial charge < -0.3 is 10.1 Å². The second-order valence-electron chi connectivity index (χ2n) is 2.85. The van der Waals surface area contributed by atoms with Crippen LogP contribution in [0.3, 0.4) is 0 Å². The van der Waals surface area contributed by atoms with E-state index in [2.05, 4.69) is 9.97 Å². The lowest BCUT2D eigenvalue weighted by atomic mass is 10.5. The Labute approximate surface area is 85.5 Å². The molecule has 0 fully saturated rings. The van der Waals surface area contributed by atoms with Gasteiger partial charge in [-0.3, -0.25) is 9.38 Å². The van der Waals surface area contributed by atoms with Crippen LogP contribution in [0.1, 0.15) is 5.82 Å². The summed E-state index contributed by atoms with van der Waals surface area (Å²) in [6.45, 7) is 0. The largest absolute Gasteiger partial charge is 0.476 e. The van der Waals surface area contributed by atoms with E-state index >= 15 is 0 Å². The Balaban J connectivity index is 2.82. The van der Waals surface area contributed by atoms with Crippen molar-refractivity contribution in [1.29, 1.82) is 0 Å². The van der Waals surface area contributed by atoms with Crippen molar-refractivity contribution in [3.63, 3.8) is 0 Å². The van der Waals surface area contributed by atoms with Crippen LogP contribution in [0.4, 0.5) is 19.0 Å². The fraction of sp³-hybridized carbons (Fsp3) is 0.143. The summed E-state index contributed by atoms with van der Waals surface area (Å²) in [6.07, 6.45) is -1.73. The molecule has 0 spiro atoms. The molecule has 2 aromatic heterocycles. The van der Waals surface area contributed by atoms with E-state index in [-0.39, 0.29) is 5.52 Å². The number of nitrogens with zero attached hydrogens (tertiary/aromatic N) is 4. The molecule has 0 atom stereocenters. The lowest BCUT2D eigenvalue weighted by Crippen LogP contribution is -2.10. The smallest absolute Gasteiger partial charge is 0.358 e. The minimum atomic E-state index is -4.75. The molecule has 0 unspecified atom stereocenters. The minimum Gasteiger partial charge on any atom is -0.358 e. The zero-order chi connectivity index (χ0) is 11.9. The summed E-state index contributed by atoms with van der Waals surface area (Å²) in [7, 11) is 0. The predicted octanol–water partition coefficient (Wildman–Crippen LogP) is 1.66. The van der Waals surface area contributed by atoms with Crippen molar-refractivity contribution in [2.45, 2.75) is 6.18 Å². The van der Waals surface area contributed by atoms with E-state index in [1.807, 2.05) is 0 Å². The van der Waals surface area contributed by atoms with Crippen molar-refractivity contribution < 1.29 is 18.1 Å². The average molecular weight is 232 g/mol. The number of rotatable bonds is 1. The summed E-state index contributed by atoms with van der Waals surface area (Å²) < 4.78 is 38.0. The van der Waals surface area contributed by atoms with Crippen LogP contribution in [0.5, 0.6) is 0 Å². The Morgan fingerprint density at radius 2 is 2.12 bits per heavy atom. The maximum absolute atomic E-state index is 12.5. The van der Waals surface area contributed by atoms with Crippen molar-refractivity contribution in [2.24, 2.45) is 0 Å². The molecule has 2 heterocycles. The van der Waals surface area contributed by atoms with E-state index in [1.165, 1.54) is 0 Å². The lowest BCUT2D eigenvalue weighted by Gasteiger charge is -1.99. The summed E-state index contributed by atoms with van der Waals surface area (Å²) in [5.74, 6) is -2.20. The van der Waals surface area contributed by atoms with Crippen LogP contribution in [0.25, 0.3) is 5.52 Å². The zero-order valence-electron chi connectivity index (χ0n) is 7.47. The van der Waals surface area contributed by atoms with Gasteiger partial charge in [-0.15, -0.1) is 0 Å². The third-order valence-electron chi connectivity index (χ3n) is 1.85. The number of nitro groups is 1. The normalized spacial score (nSPS) is 11.9. The first-order valence-corrected chi connectivity index (χ1v) is 3.95. The predicted molar refractivity (Wildman–Crippen MR) is 44.6 cm³/mol. The molecule has 0 N–H and O–H groups in total. The van der Waals surface area contributed by atoms with E-state index in [9.17, 15) is 23.3 Å². The highest BCUT2D eigenvalue weighted by Crippen LogP contribution is 2.32. The molecule has 9 heteroatoms. The first-order chi connectivity index (χ1) is 7.41. The molecule has 6 nitrogen and oxygen atoms in total. The van der Waals surface area contributed by atoms with Crippen LogP contribution in [-0.2, 0) is 6.18 Å². The second-order valence-corrected chi connectivity index (χ2v) is 2.85. The fourth-order valence-corrected chi connectivity index (χ4v) is 1.26. The first-order valence-electron chi connectivity index (χ1n) is 3.95. The number of hydrogen-bond donors (Lipinski definition) is 0. The third kappa shape index (κ3) is 1.45. The second kappa shape index (κ2) is 3.15. The van der Waals surface area contributed by atoms with Gasteiger partial charge in [0, 0.05) is 12.4 Å². The summed E-state index contributed by atoms with van der Waals surface area (Å²) in [6, 6.07) is 0. The Morgan fingerprint density at radius 1 is 1.44 bits per heavy atom. The van der Waals surface area contributed by atoms with E-state index in [4.69, 9.17) is 0 Å². The number of halogens is 3. The molecule has 2 rings (SSSR count). The van der Waals surface area contributed by atoms with Crippen molar-refractivity contribution in [2.75, 3.05) is 0 Å². The van der Waals surface area contributed by atoms with E-state index in [0.29, 0.717) is 4.40 Å². The Bertz CT molecular complexity index is 562. The molecule has 0 saturated heterocycles. The summed E-state index contributed by atoms with van der Waals surface area (Å²) in [5.41, 5.74) is -0.292. The summed E-state index contributed by atoms with van der Waals surface area (Å²) in [5, 5.41) is 10.5. The SMILES string of the molecule is O=[N+]([O-])c1nc(C(F)(F)F)n2ccncc12. The minimum absolute atomic E-state index is 0.292. The maximum Gasteiger partial charge on any atom is 0.476 e. The number of alkyl halides is 3. The van der Waals surface area contributed by atoms with Crippen LogP contribution < -0.4 is 0 Å². The highest BCUT2D eigenvalue weighted by Gasteiger charge is 2.43. The number of fused-ring (bicyclic) bond motifs is 1. The van der Waals surface area contributed by atoms with Gasteiger partial charge in [0.1, 0.15) is 0 Å². The molecule has 16 heavy (non-hydrogen) atoms. The van der Waals surface area contributed by atoms with Gasteiger partial charge in [0.25, 0.3) is 0 Å². The molecule has 0 saturated carbocycles. The third-order valence-corrected chi connectivity index (χ3v) is 1.85. The van der Waals surface area contributed by atoms with Gasteiger partial charge in [0.2, 0.25) is 0 Å². The molecule has 0 aliphatic rings. The molecule has 0 aromatic carbocycles. The van der Waals surface area contributed by atoms with Crippen molar-refractivity contribution in [3.8, 4) is 0 Å². The van der Waals surface area contributed by atoms with Crippen molar-refractivity contribution in [3.05, 3.63) is 34.5 Å². The number of imidazole rings is 1. The van der Waals surface area contributed by atoms with Crippen LogP contribution in [0.15, 0.2) is 18.6 Å². The Kier molecular flexibility index (Phi) is 2.04. The molecule has 84 valence electrons. The summed E-state index contributed by atoms with van der Waals surface area (Å²) >= 11 is 0. The highest BCUT2D eigenvalue weighted by molar-refractivity contribution is 5.61. The molecule has 0 bridgehead atoms. The van der Waals surface area contributed by atoms with Gasteiger partial charge in [-0.2, -0.15) is 13.2 Å². The Morgan fingerprint density at radius 3 is 2.69 bits per heavy atom. The first kappa shape index (κ1) is 10.3. The molecular formula is C7H3F3N4O2. The van der Waals surface area contributed by atoms with Gasteiger partial charge in [0.15, 0.2) is 5.52 Å². The topological polar surface area (TPSA) is 73.3 Å². The molecule has 0 aliphatic carbocycles. The fourth-order valence-electron chi connectivity index (χ4n) is 1.26. The highest BCUT2D eigenvalue weighted by atomic mass is 19.4. The van der Waals surface area contributed by atoms with Crippen molar-refractivity contribution >= 4 is 11.3 Å². The van der Waals surface area contributed by atoms with Crippen LogP contribution in [0, 0.1) is 10.1 Å². The molecule has 0 amide bonds.